The highest BCUT2D eigenvalue weighted by atomic mass is 35.5. The van der Waals surface area contributed by atoms with Crippen molar-refractivity contribution in [2.24, 2.45) is 0 Å². The molecule has 0 aliphatic heterocycles. The van der Waals surface area contributed by atoms with Gasteiger partial charge in [0.05, 0.1) is 10.6 Å². The number of benzene rings is 3. The predicted molar refractivity (Wildman–Crippen MR) is 164 cm³/mol. The predicted octanol–water partition coefficient (Wildman–Crippen LogP) is 6.36. The number of nitrogens with one attached hydrogen (secondary N) is 1. The second kappa shape index (κ2) is 13.7. The van der Waals surface area contributed by atoms with Gasteiger partial charge in [0.25, 0.3) is 10.0 Å². The van der Waals surface area contributed by atoms with Gasteiger partial charge in [-0.25, -0.2) is 8.42 Å². The first-order valence-corrected chi connectivity index (χ1v) is 15.9. The Hall–Kier alpha value is -3.07. The Kier molecular flexibility index (Phi) is 10.3. The number of nitrogens with zero attached hydrogens (tertiary/aromatic N) is 2. The quantitative estimate of drug-likeness (QED) is 0.287. The summed E-state index contributed by atoms with van der Waals surface area (Å²) >= 11 is 12.4. The van der Waals surface area contributed by atoms with E-state index in [0.717, 1.165) is 47.5 Å². The van der Waals surface area contributed by atoms with Crippen LogP contribution in [-0.2, 0) is 26.2 Å². The van der Waals surface area contributed by atoms with Gasteiger partial charge >= 0.3 is 0 Å². The van der Waals surface area contributed by atoms with Crippen LogP contribution in [0.3, 0.4) is 0 Å². The minimum Gasteiger partial charge on any atom is -0.352 e. The summed E-state index contributed by atoms with van der Waals surface area (Å²) in [5.74, 6) is -0.810. The first-order chi connectivity index (χ1) is 19.5. The summed E-state index contributed by atoms with van der Waals surface area (Å²) in [5.41, 5.74) is 1.87. The number of carbonyl (C=O) groups is 2. The molecule has 218 valence electrons. The molecule has 41 heavy (non-hydrogen) atoms. The molecular formula is C31H35Cl2N3O4S. The highest BCUT2D eigenvalue weighted by molar-refractivity contribution is 7.92. The molecule has 0 spiro atoms. The molecule has 1 fully saturated rings. The van der Waals surface area contributed by atoms with Crippen molar-refractivity contribution < 1.29 is 18.0 Å². The van der Waals surface area contributed by atoms with E-state index in [1.165, 1.54) is 23.1 Å². The molecule has 0 saturated heterocycles. The highest BCUT2D eigenvalue weighted by Crippen LogP contribution is 2.27. The van der Waals surface area contributed by atoms with Crippen molar-refractivity contribution in [3.05, 3.63) is 94.0 Å². The first kappa shape index (κ1) is 30.9. The third kappa shape index (κ3) is 8.03. The molecule has 1 atom stereocenters. The van der Waals surface area contributed by atoms with E-state index in [9.17, 15) is 18.0 Å². The van der Waals surface area contributed by atoms with Crippen LogP contribution in [0.5, 0.6) is 0 Å². The van der Waals surface area contributed by atoms with Gasteiger partial charge in [0.2, 0.25) is 11.8 Å². The lowest BCUT2D eigenvalue weighted by Crippen LogP contribution is -2.53. The van der Waals surface area contributed by atoms with Gasteiger partial charge < -0.3 is 10.2 Å². The van der Waals surface area contributed by atoms with Gasteiger partial charge in [-0.3, -0.25) is 13.9 Å². The van der Waals surface area contributed by atoms with E-state index in [-0.39, 0.29) is 29.1 Å². The fraction of sp³-hybridized carbons (Fsp3) is 0.355. The Morgan fingerprint density at radius 3 is 2.20 bits per heavy atom. The molecule has 1 saturated carbocycles. The molecule has 3 aromatic rings. The Balaban J connectivity index is 1.68. The summed E-state index contributed by atoms with van der Waals surface area (Å²) in [6, 6.07) is 19.0. The summed E-state index contributed by atoms with van der Waals surface area (Å²) in [6.07, 6.45) is 5.05. The normalized spacial score (nSPS) is 14.7. The molecule has 3 aromatic carbocycles. The van der Waals surface area contributed by atoms with Crippen molar-refractivity contribution in [2.45, 2.75) is 69.5 Å². The lowest BCUT2D eigenvalue weighted by Gasteiger charge is -2.33. The van der Waals surface area contributed by atoms with E-state index in [0.29, 0.717) is 10.0 Å². The summed E-state index contributed by atoms with van der Waals surface area (Å²) in [5, 5.41) is 3.92. The van der Waals surface area contributed by atoms with Gasteiger partial charge in [-0.1, -0.05) is 78.4 Å². The average Bonchev–Trinajstić information content (AvgIpc) is 2.95. The number of carbonyl (C=O) groups excluding carboxylic acids is 2. The zero-order valence-corrected chi connectivity index (χ0v) is 25.6. The Morgan fingerprint density at radius 1 is 0.927 bits per heavy atom. The molecule has 0 heterocycles. The Bertz CT molecular complexity index is 1470. The van der Waals surface area contributed by atoms with Crippen LogP contribution in [0, 0.1) is 6.92 Å². The monoisotopic (exact) mass is 615 g/mol. The molecule has 0 radical (unpaired) electrons. The Labute approximate surface area is 252 Å². The zero-order valence-electron chi connectivity index (χ0n) is 23.2. The third-order valence-electron chi connectivity index (χ3n) is 7.34. The maximum Gasteiger partial charge on any atom is 0.264 e. The number of anilines is 1. The Morgan fingerprint density at radius 2 is 1.56 bits per heavy atom. The van der Waals surface area contributed by atoms with E-state index in [1.54, 1.807) is 55.5 Å². The molecule has 7 nitrogen and oxygen atoms in total. The number of rotatable bonds is 10. The van der Waals surface area contributed by atoms with E-state index < -0.39 is 28.5 Å². The summed E-state index contributed by atoms with van der Waals surface area (Å²) in [6.45, 7) is 3.08. The van der Waals surface area contributed by atoms with Gasteiger partial charge in [0, 0.05) is 22.6 Å². The molecular weight excluding hydrogens is 581 g/mol. The van der Waals surface area contributed by atoms with Gasteiger partial charge in [-0.2, -0.15) is 0 Å². The van der Waals surface area contributed by atoms with Gasteiger partial charge in [0.15, 0.2) is 0 Å². The highest BCUT2D eigenvalue weighted by Gasteiger charge is 2.33. The van der Waals surface area contributed by atoms with E-state index in [4.69, 9.17) is 23.2 Å². The largest absolute Gasteiger partial charge is 0.352 e. The lowest BCUT2D eigenvalue weighted by atomic mass is 9.95. The minimum atomic E-state index is -4.16. The van der Waals surface area contributed by atoms with Crippen LogP contribution in [0.2, 0.25) is 10.0 Å². The molecule has 1 aliphatic carbocycles. The molecule has 1 aliphatic rings. The summed E-state index contributed by atoms with van der Waals surface area (Å²) in [7, 11) is -4.16. The fourth-order valence-corrected chi connectivity index (χ4v) is 6.78. The zero-order chi connectivity index (χ0) is 29.6. The van der Waals surface area contributed by atoms with Crippen LogP contribution in [0.4, 0.5) is 5.69 Å². The standard InChI is InChI=1S/C31H35Cl2N3O4S/c1-22-14-16-29(17-15-22)41(39,40)36(28-13-7-10-26(33)19-28)21-30(37)35(20-24-8-6-9-25(32)18-24)23(2)31(38)34-27-11-4-3-5-12-27/h6-10,13-19,23,27H,3-5,11-12,20-21H2,1-2H3,(H,34,38)/t23-/m0/s1. The van der Waals surface area contributed by atoms with Gasteiger partial charge in [0.1, 0.15) is 12.6 Å². The molecule has 1 N–H and O–H groups in total. The summed E-state index contributed by atoms with van der Waals surface area (Å²) < 4.78 is 28.8. The van der Waals surface area contributed by atoms with Crippen molar-refractivity contribution in [1.82, 2.24) is 10.2 Å². The topological polar surface area (TPSA) is 86.8 Å². The number of aryl methyl sites for hydroxylation is 1. The molecule has 2 amide bonds. The average molecular weight is 617 g/mol. The first-order valence-electron chi connectivity index (χ1n) is 13.7. The third-order valence-corrected chi connectivity index (χ3v) is 9.60. The number of amides is 2. The van der Waals surface area contributed by atoms with E-state index in [2.05, 4.69) is 5.32 Å². The number of hydrogen-bond donors (Lipinski definition) is 1. The minimum absolute atomic E-state index is 0.0420. The van der Waals surface area contributed by atoms with Crippen LogP contribution in [-0.4, -0.2) is 43.8 Å². The van der Waals surface area contributed by atoms with Crippen molar-refractivity contribution in [3.8, 4) is 0 Å². The van der Waals surface area contributed by atoms with Gasteiger partial charge in [-0.15, -0.1) is 0 Å². The molecule has 0 aromatic heterocycles. The van der Waals surface area contributed by atoms with Crippen molar-refractivity contribution >= 4 is 50.7 Å². The molecule has 10 heteroatoms. The second-order valence-electron chi connectivity index (χ2n) is 10.5. The van der Waals surface area contributed by atoms with Crippen LogP contribution in [0.1, 0.15) is 50.2 Å². The molecule has 0 unspecified atom stereocenters. The second-order valence-corrected chi connectivity index (χ2v) is 13.2. The smallest absolute Gasteiger partial charge is 0.264 e. The van der Waals surface area contributed by atoms with Crippen molar-refractivity contribution in [1.29, 1.82) is 0 Å². The SMILES string of the molecule is Cc1ccc(S(=O)(=O)N(CC(=O)N(Cc2cccc(Cl)c2)[C@@H](C)C(=O)NC2CCCCC2)c2cccc(Cl)c2)cc1. The van der Waals surface area contributed by atoms with Crippen molar-refractivity contribution in [3.63, 3.8) is 0 Å². The van der Waals surface area contributed by atoms with Crippen LogP contribution < -0.4 is 9.62 Å². The van der Waals surface area contributed by atoms with Crippen LogP contribution in [0.15, 0.2) is 77.7 Å². The van der Waals surface area contributed by atoms with E-state index >= 15 is 0 Å². The van der Waals surface area contributed by atoms with Crippen molar-refractivity contribution in [2.75, 3.05) is 10.8 Å². The van der Waals surface area contributed by atoms with Gasteiger partial charge in [-0.05, 0) is 74.7 Å². The summed E-state index contributed by atoms with van der Waals surface area (Å²) in [4.78, 5) is 28.9. The number of hydrogen-bond acceptors (Lipinski definition) is 4. The molecule has 4 rings (SSSR count). The lowest BCUT2D eigenvalue weighted by molar-refractivity contribution is -0.139. The number of sulfonamides is 1. The maximum atomic E-state index is 14.0. The van der Waals surface area contributed by atoms with Crippen LogP contribution >= 0.6 is 23.2 Å². The number of halogens is 2. The van der Waals surface area contributed by atoms with Crippen LogP contribution in [0.25, 0.3) is 0 Å². The van der Waals surface area contributed by atoms with E-state index in [1.807, 2.05) is 13.0 Å². The fourth-order valence-electron chi connectivity index (χ4n) is 4.98. The molecule has 0 bridgehead atoms. The maximum absolute atomic E-state index is 14.0.